The van der Waals surface area contributed by atoms with Crippen molar-refractivity contribution in [3.05, 3.63) is 30.3 Å². The van der Waals surface area contributed by atoms with Crippen LogP contribution < -0.4 is 5.01 Å². The Morgan fingerprint density at radius 3 is 2.79 bits per heavy atom. The lowest BCUT2D eigenvalue weighted by Gasteiger charge is -2.16. The van der Waals surface area contributed by atoms with E-state index in [9.17, 15) is 0 Å². The molecule has 1 aromatic carbocycles. The number of rotatable bonds is 1. The van der Waals surface area contributed by atoms with Gasteiger partial charge >= 0.3 is 0 Å². The fourth-order valence-electron chi connectivity index (χ4n) is 2.05. The van der Waals surface area contributed by atoms with Crippen molar-refractivity contribution in [2.75, 3.05) is 18.2 Å². The maximum Gasteiger partial charge on any atom is 0.127 e. The summed E-state index contributed by atoms with van der Waals surface area (Å²) in [7, 11) is 0. The van der Waals surface area contributed by atoms with Crippen molar-refractivity contribution >= 4 is 11.5 Å². The van der Waals surface area contributed by atoms with E-state index in [1.165, 1.54) is 24.5 Å². The number of amidine groups is 1. The largest absolute Gasteiger partial charge is 0.339 e. The number of fused-ring (bicyclic) bond motifs is 1. The molecule has 0 unspecified atom stereocenters. The molecule has 0 spiro atoms. The minimum absolute atomic E-state index is 0.930. The Labute approximate surface area is 83.6 Å². The fraction of sp³-hybridized carbons (Fsp3) is 0.364. The molecule has 2 aliphatic heterocycles. The van der Waals surface area contributed by atoms with Gasteiger partial charge in [0.2, 0.25) is 0 Å². The monoisotopic (exact) mass is 187 g/mol. The molecular weight excluding hydrogens is 174 g/mol. The normalized spacial score (nSPS) is 19.9. The topological polar surface area (TPSA) is 18.8 Å². The van der Waals surface area contributed by atoms with Crippen LogP contribution in [0, 0.1) is 0 Å². The first kappa shape index (κ1) is 7.85. The van der Waals surface area contributed by atoms with E-state index >= 15 is 0 Å². The minimum Gasteiger partial charge on any atom is -0.339 e. The third-order valence-electron chi connectivity index (χ3n) is 2.79. The second-order valence-electron chi connectivity index (χ2n) is 3.76. The number of nitrogens with zero attached hydrogens (tertiary/aromatic N) is 3. The van der Waals surface area contributed by atoms with E-state index in [0.717, 1.165) is 13.1 Å². The third-order valence-corrected chi connectivity index (χ3v) is 2.79. The summed E-state index contributed by atoms with van der Waals surface area (Å²) in [5.74, 6) is 1.26. The van der Waals surface area contributed by atoms with Crippen LogP contribution in [0.2, 0.25) is 0 Å². The standard InChI is InChI=1S/C11H13N3/c1-2-5-10(6-3-1)14-9-13-8-4-7-11(13)12-14/h1-3,5-6H,4,7-9H2. The van der Waals surface area contributed by atoms with E-state index in [1.54, 1.807) is 0 Å². The van der Waals surface area contributed by atoms with E-state index in [2.05, 4.69) is 39.3 Å². The highest BCUT2D eigenvalue weighted by Gasteiger charge is 2.27. The van der Waals surface area contributed by atoms with Crippen molar-refractivity contribution < 1.29 is 0 Å². The summed E-state index contributed by atoms with van der Waals surface area (Å²) in [4.78, 5) is 2.35. The average Bonchev–Trinajstić information content (AvgIpc) is 2.78. The van der Waals surface area contributed by atoms with E-state index in [1.807, 2.05) is 6.07 Å². The molecule has 0 amide bonds. The molecule has 72 valence electrons. The van der Waals surface area contributed by atoms with Gasteiger partial charge in [-0.1, -0.05) is 18.2 Å². The van der Waals surface area contributed by atoms with Crippen LogP contribution in [0.3, 0.4) is 0 Å². The first-order valence-electron chi connectivity index (χ1n) is 5.08. The summed E-state index contributed by atoms with van der Waals surface area (Å²) in [6.45, 7) is 2.10. The molecule has 3 nitrogen and oxygen atoms in total. The van der Waals surface area contributed by atoms with Crippen molar-refractivity contribution in [2.24, 2.45) is 5.10 Å². The van der Waals surface area contributed by atoms with Gasteiger partial charge in [0.1, 0.15) is 12.5 Å². The number of hydrogen-bond acceptors (Lipinski definition) is 3. The van der Waals surface area contributed by atoms with Gasteiger partial charge in [0.15, 0.2) is 0 Å². The average molecular weight is 187 g/mol. The second-order valence-corrected chi connectivity index (χ2v) is 3.76. The number of para-hydroxylation sites is 1. The molecule has 0 atom stereocenters. The molecule has 2 heterocycles. The first-order chi connectivity index (χ1) is 6.93. The Morgan fingerprint density at radius 2 is 2.00 bits per heavy atom. The van der Waals surface area contributed by atoms with Crippen LogP contribution in [0.1, 0.15) is 12.8 Å². The van der Waals surface area contributed by atoms with Crippen LogP contribution in [-0.2, 0) is 0 Å². The van der Waals surface area contributed by atoms with E-state index in [0.29, 0.717) is 0 Å². The van der Waals surface area contributed by atoms with Gasteiger partial charge in [-0.25, -0.2) is 5.01 Å². The lowest BCUT2D eigenvalue weighted by atomic mass is 10.3. The molecule has 0 N–H and O–H groups in total. The predicted octanol–water partition coefficient (Wildman–Crippen LogP) is 1.87. The highest BCUT2D eigenvalue weighted by Crippen LogP contribution is 2.23. The molecule has 1 aromatic rings. The van der Waals surface area contributed by atoms with Gasteiger partial charge in [0.25, 0.3) is 0 Å². The highest BCUT2D eigenvalue weighted by molar-refractivity contribution is 5.87. The minimum atomic E-state index is 0.930. The molecular formula is C11H13N3. The summed E-state index contributed by atoms with van der Waals surface area (Å²) < 4.78 is 0. The van der Waals surface area contributed by atoms with Crippen LogP contribution in [-0.4, -0.2) is 23.9 Å². The van der Waals surface area contributed by atoms with Gasteiger partial charge < -0.3 is 4.90 Å². The smallest absolute Gasteiger partial charge is 0.127 e. The Kier molecular flexibility index (Phi) is 1.69. The maximum absolute atomic E-state index is 4.60. The van der Waals surface area contributed by atoms with Crippen LogP contribution >= 0.6 is 0 Å². The molecule has 0 aromatic heterocycles. The third kappa shape index (κ3) is 1.16. The summed E-state index contributed by atoms with van der Waals surface area (Å²) in [6, 6.07) is 10.4. The van der Waals surface area contributed by atoms with Gasteiger partial charge in [-0.05, 0) is 18.6 Å². The molecule has 14 heavy (non-hydrogen) atoms. The summed E-state index contributed by atoms with van der Waals surface area (Å²) in [5, 5.41) is 6.67. The Hall–Kier alpha value is -1.51. The highest BCUT2D eigenvalue weighted by atomic mass is 15.6. The molecule has 2 aliphatic rings. The van der Waals surface area contributed by atoms with E-state index < -0.39 is 0 Å². The summed E-state index contributed by atoms with van der Waals surface area (Å²) in [5.41, 5.74) is 1.19. The lowest BCUT2D eigenvalue weighted by Crippen LogP contribution is -2.26. The fourth-order valence-corrected chi connectivity index (χ4v) is 2.05. The van der Waals surface area contributed by atoms with Gasteiger partial charge in [-0.2, -0.15) is 5.10 Å². The Balaban J connectivity index is 1.87. The van der Waals surface area contributed by atoms with Crippen LogP contribution in [0.5, 0.6) is 0 Å². The Morgan fingerprint density at radius 1 is 1.14 bits per heavy atom. The van der Waals surface area contributed by atoms with Crippen molar-refractivity contribution in [2.45, 2.75) is 12.8 Å². The van der Waals surface area contributed by atoms with Crippen LogP contribution in [0.4, 0.5) is 5.69 Å². The molecule has 0 saturated carbocycles. The number of anilines is 1. The Bertz CT molecular complexity index is 358. The number of hydrazone groups is 1. The van der Waals surface area contributed by atoms with Gasteiger partial charge in [-0.3, -0.25) is 0 Å². The lowest BCUT2D eigenvalue weighted by molar-refractivity contribution is 0.479. The van der Waals surface area contributed by atoms with Gasteiger partial charge in [-0.15, -0.1) is 0 Å². The van der Waals surface area contributed by atoms with Crippen molar-refractivity contribution in [3.8, 4) is 0 Å². The first-order valence-corrected chi connectivity index (χ1v) is 5.08. The summed E-state index contributed by atoms with van der Waals surface area (Å²) in [6.07, 6.45) is 2.41. The zero-order valence-electron chi connectivity index (χ0n) is 8.06. The zero-order valence-corrected chi connectivity index (χ0v) is 8.06. The number of benzene rings is 1. The quantitative estimate of drug-likeness (QED) is 0.668. The molecule has 0 bridgehead atoms. The van der Waals surface area contributed by atoms with Crippen molar-refractivity contribution in [3.63, 3.8) is 0 Å². The van der Waals surface area contributed by atoms with Crippen LogP contribution in [0.25, 0.3) is 0 Å². The molecule has 0 radical (unpaired) electrons. The number of hydrogen-bond donors (Lipinski definition) is 0. The van der Waals surface area contributed by atoms with Gasteiger partial charge in [0.05, 0.1) is 5.69 Å². The van der Waals surface area contributed by atoms with Crippen LogP contribution in [0.15, 0.2) is 35.4 Å². The summed E-state index contributed by atoms with van der Waals surface area (Å²) >= 11 is 0. The molecule has 3 heteroatoms. The molecule has 1 fully saturated rings. The molecule has 0 aliphatic carbocycles. The molecule has 1 saturated heterocycles. The van der Waals surface area contributed by atoms with E-state index in [4.69, 9.17) is 0 Å². The SMILES string of the molecule is c1ccc(N2CN3CCCC3=N2)cc1. The zero-order chi connectivity index (χ0) is 9.38. The second kappa shape index (κ2) is 3.01. The molecule has 3 rings (SSSR count). The van der Waals surface area contributed by atoms with E-state index in [-0.39, 0.29) is 0 Å². The maximum atomic E-state index is 4.60. The van der Waals surface area contributed by atoms with Gasteiger partial charge in [0, 0.05) is 13.0 Å². The predicted molar refractivity (Wildman–Crippen MR) is 57.2 cm³/mol. The van der Waals surface area contributed by atoms with Crippen molar-refractivity contribution in [1.29, 1.82) is 0 Å². The van der Waals surface area contributed by atoms with Crippen molar-refractivity contribution in [1.82, 2.24) is 4.90 Å².